The summed E-state index contributed by atoms with van der Waals surface area (Å²) in [7, 11) is 0. The lowest BCUT2D eigenvalue weighted by Crippen LogP contribution is -2.55. The number of fused-ring (bicyclic) bond motifs is 3. The van der Waals surface area contributed by atoms with Crippen LogP contribution in [0.3, 0.4) is 0 Å². The Bertz CT molecular complexity index is 2210. The molecule has 4 aliphatic heterocycles. The molecule has 5 atom stereocenters. The molecule has 15 heteroatoms. The van der Waals surface area contributed by atoms with Crippen LogP contribution in [0.4, 0.5) is 23.4 Å². The number of carbonyl (C=O) groups is 1. The summed E-state index contributed by atoms with van der Waals surface area (Å²) >= 11 is 0. The van der Waals surface area contributed by atoms with Crippen LogP contribution >= 0.6 is 0 Å². The smallest absolute Gasteiger partial charge is 0.319 e. The Morgan fingerprint density at radius 3 is 2.68 bits per heavy atom. The summed E-state index contributed by atoms with van der Waals surface area (Å²) in [6.07, 6.45) is 6.00. The number of halogens is 4. The van der Waals surface area contributed by atoms with Crippen LogP contribution in [0, 0.1) is 28.8 Å². The topological polar surface area (TPSA) is 111 Å². The van der Waals surface area contributed by atoms with Gasteiger partial charge in [-0.25, -0.2) is 17.6 Å². The molecule has 56 heavy (non-hydrogen) atoms. The molecular formula is C41H44F4N8O3. The average Bonchev–Trinajstić information content (AvgIpc) is 3.70. The van der Waals surface area contributed by atoms with E-state index in [0.29, 0.717) is 31.4 Å². The number of pyridine rings is 1. The highest BCUT2D eigenvalue weighted by Crippen LogP contribution is 2.41. The average molecular weight is 773 g/mol. The summed E-state index contributed by atoms with van der Waals surface area (Å²) in [4.78, 5) is 35.1. The Morgan fingerprint density at radius 1 is 1.05 bits per heavy atom. The fourth-order valence-electron chi connectivity index (χ4n) is 9.12. The number of carbonyl (C=O) groups excluding carboxylic acids is 1. The fraction of sp³-hybridized carbons (Fsp3) is 0.488. The first-order chi connectivity index (χ1) is 27.0. The number of hydrogen-bond donors (Lipinski definition) is 0. The molecule has 4 saturated heterocycles. The molecule has 0 radical (unpaired) electrons. The maximum atomic E-state index is 16.9. The number of benzene rings is 2. The summed E-state index contributed by atoms with van der Waals surface area (Å²) in [5.74, 6) is -3.00. The number of amides is 1. The van der Waals surface area contributed by atoms with Crippen molar-refractivity contribution in [3.8, 4) is 23.3 Å². The van der Waals surface area contributed by atoms with Crippen molar-refractivity contribution in [2.45, 2.75) is 69.5 Å². The number of morpholine rings is 1. The van der Waals surface area contributed by atoms with Gasteiger partial charge in [0.15, 0.2) is 17.5 Å². The Morgan fingerprint density at radius 2 is 1.88 bits per heavy atom. The molecule has 0 N–H and O–H groups in total. The van der Waals surface area contributed by atoms with Crippen LogP contribution in [0.2, 0.25) is 0 Å². The molecule has 0 aliphatic carbocycles. The second-order valence-electron chi connectivity index (χ2n) is 15.5. The molecule has 4 aliphatic rings. The van der Waals surface area contributed by atoms with Gasteiger partial charge in [-0.05, 0) is 44.7 Å². The number of piperazine rings is 1. The van der Waals surface area contributed by atoms with Crippen molar-refractivity contribution < 1.29 is 31.8 Å². The third-order valence-electron chi connectivity index (χ3n) is 11.6. The molecule has 1 amide bonds. The molecular weight excluding hydrogens is 728 g/mol. The van der Waals surface area contributed by atoms with Crippen molar-refractivity contribution in [1.82, 2.24) is 29.7 Å². The number of ether oxygens (including phenoxy) is 2. The van der Waals surface area contributed by atoms with Crippen LogP contribution in [-0.4, -0.2) is 124 Å². The van der Waals surface area contributed by atoms with Crippen molar-refractivity contribution in [2.75, 3.05) is 63.9 Å². The van der Waals surface area contributed by atoms with E-state index < -0.39 is 35.2 Å². The van der Waals surface area contributed by atoms with Crippen LogP contribution in [0.15, 0.2) is 48.7 Å². The Labute approximate surface area is 322 Å². The number of alkyl halides is 1. The van der Waals surface area contributed by atoms with Gasteiger partial charge in [0.05, 0.1) is 41.7 Å². The van der Waals surface area contributed by atoms with E-state index in [1.807, 2.05) is 24.8 Å². The van der Waals surface area contributed by atoms with E-state index in [1.54, 1.807) is 23.1 Å². The minimum atomic E-state index is -1.12. The number of nitrogens with zero attached hydrogens (tertiary/aromatic N) is 8. The van der Waals surface area contributed by atoms with E-state index in [0.717, 1.165) is 38.5 Å². The van der Waals surface area contributed by atoms with Gasteiger partial charge in [0, 0.05) is 75.5 Å². The van der Waals surface area contributed by atoms with Crippen molar-refractivity contribution in [3.63, 3.8) is 0 Å². The Kier molecular flexibility index (Phi) is 10.6. The molecule has 4 aromatic rings. The van der Waals surface area contributed by atoms with Crippen molar-refractivity contribution in [3.05, 3.63) is 66.1 Å². The minimum Gasteiger partial charge on any atom is -0.461 e. The molecule has 294 valence electrons. The molecule has 2 aromatic carbocycles. The third kappa shape index (κ3) is 7.26. The largest absolute Gasteiger partial charge is 0.461 e. The number of hydrogen-bond acceptors (Lipinski definition) is 10. The van der Waals surface area contributed by atoms with Crippen LogP contribution in [0.25, 0.3) is 32.9 Å². The molecule has 0 unspecified atom stereocenters. The van der Waals surface area contributed by atoms with Crippen LogP contribution in [0.1, 0.15) is 39.5 Å². The first-order valence-corrected chi connectivity index (χ1v) is 19.3. The van der Waals surface area contributed by atoms with E-state index in [4.69, 9.17) is 14.5 Å². The molecule has 0 spiro atoms. The van der Waals surface area contributed by atoms with E-state index in [-0.39, 0.29) is 83.6 Å². The lowest BCUT2D eigenvalue weighted by atomic mass is 9.95. The zero-order valence-corrected chi connectivity index (χ0v) is 31.4. The SMILES string of the molecule is C[C@H]1CN(C/C=C/C(=O)N2CCN(c3nc(OC[C@@]45CCCN4C[C@H](F)C5)nc4c(F)c(-c5cccc6ccc(F)c(F)c56)ncc34)C[C@@H]2CC#N)C[C@H](C)O1. The summed E-state index contributed by atoms with van der Waals surface area (Å²) in [6, 6.07) is 8.69. The van der Waals surface area contributed by atoms with Gasteiger partial charge < -0.3 is 19.3 Å². The summed E-state index contributed by atoms with van der Waals surface area (Å²) < 4.78 is 73.3. The zero-order chi connectivity index (χ0) is 39.1. The molecule has 0 saturated carbocycles. The van der Waals surface area contributed by atoms with Crippen molar-refractivity contribution >= 4 is 33.4 Å². The third-order valence-corrected chi connectivity index (χ3v) is 11.6. The van der Waals surface area contributed by atoms with E-state index in [1.165, 1.54) is 18.3 Å². The van der Waals surface area contributed by atoms with Crippen molar-refractivity contribution in [1.29, 1.82) is 5.26 Å². The van der Waals surface area contributed by atoms with Crippen LogP contribution in [-0.2, 0) is 9.53 Å². The molecule has 2 aromatic heterocycles. The van der Waals surface area contributed by atoms with Gasteiger partial charge in [0.1, 0.15) is 29.8 Å². The summed E-state index contributed by atoms with van der Waals surface area (Å²) in [5.41, 5.74) is -0.858. The van der Waals surface area contributed by atoms with Gasteiger partial charge in [-0.3, -0.25) is 19.6 Å². The van der Waals surface area contributed by atoms with E-state index in [2.05, 4.69) is 25.8 Å². The summed E-state index contributed by atoms with van der Waals surface area (Å²) in [6.45, 7) is 8.10. The molecule has 11 nitrogen and oxygen atoms in total. The summed E-state index contributed by atoms with van der Waals surface area (Å²) in [5, 5.41) is 10.3. The van der Waals surface area contributed by atoms with E-state index in [9.17, 15) is 18.8 Å². The predicted molar refractivity (Wildman–Crippen MR) is 202 cm³/mol. The number of nitriles is 1. The first-order valence-electron chi connectivity index (χ1n) is 19.3. The quantitative estimate of drug-likeness (QED) is 0.153. The van der Waals surface area contributed by atoms with Gasteiger partial charge >= 0.3 is 6.01 Å². The second-order valence-corrected chi connectivity index (χ2v) is 15.5. The number of rotatable bonds is 9. The van der Waals surface area contributed by atoms with Gasteiger partial charge in [-0.1, -0.05) is 30.3 Å². The standard InChI is InChI=1S/C41H44F4N8O3/c1-25-20-50(21-26(2)56-25)14-4-8-33(54)53-17-16-51(23-29(53)11-13-46)39-31-19-47-37(30-7-3-6-27-9-10-32(43)35(44)34(27)30)36(45)38(31)48-40(49-39)55-24-41-12-5-15-52(41)22-28(42)18-41/h3-4,6-10,19,25-26,28-29H,5,11-12,14-18,20-24H2,1-2H3/b8-4+/t25-,26-,28+,29-,41-/m0/s1. The molecule has 4 fully saturated rings. The zero-order valence-electron chi connectivity index (χ0n) is 31.4. The number of anilines is 1. The van der Waals surface area contributed by atoms with E-state index >= 15 is 8.78 Å². The van der Waals surface area contributed by atoms with Gasteiger partial charge in [0.25, 0.3) is 0 Å². The normalized spacial score (nSPS) is 26.0. The predicted octanol–water partition coefficient (Wildman–Crippen LogP) is 5.81. The van der Waals surface area contributed by atoms with Gasteiger partial charge in [0.2, 0.25) is 5.91 Å². The molecule has 6 heterocycles. The lowest BCUT2D eigenvalue weighted by Gasteiger charge is -2.41. The first kappa shape index (κ1) is 38.0. The molecule has 8 rings (SSSR count). The maximum absolute atomic E-state index is 16.9. The maximum Gasteiger partial charge on any atom is 0.319 e. The Hall–Kier alpha value is -4.91. The lowest BCUT2D eigenvalue weighted by molar-refractivity contribution is -0.128. The highest BCUT2D eigenvalue weighted by Gasteiger charge is 2.49. The van der Waals surface area contributed by atoms with Gasteiger partial charge in [-0.15, -0.1) is 0 Å². The fourth-order valence-corrected chi connectivity index (χ4v) is 9.12. The van der Waals surface area contributed by atoms with Gasteiger partial charge in [-0.2, -0.15) is 15.2 Å². The minimum absolute atomic E-state index is 0.0453. The van der Waals surface area contributed by atoms with Crippen LogP contribution < -0.4 is 9.64 Å². The highest BCUT2D eigenvalue weighted by molar-refractivity contribution is 5.99. The number of aromatic nitrogens is 3. The highest BCUT2D eigenvalue weighted by atomic mass is 19.2. The Balaban J connectivity index is 1.12. The van der Waals surface area contributed by atoms with Crippen molar-refractivity contribution in [2.24, 2.45) is 0 Å². The molecule has 0 bridgehead atoms. The van der Waals surface area contributed by atoms with Crippen LogP contribution in [0.5, 0.6) is 6.01 Å². The monoisotopic (exact) mass is 772 g/mol. The second kappa shape index (κ2) is 15.6.